The smallest absolute Gasteiger partial charge is 0.315 e. The Bertz CT molecular complexity index is 491. The molecular weight excluding hydrogens is 268 g/mol. The number of hydrogen-bond acceptors (Lipinski definition) is 3. The zero-order valence-electron chi connectivity index (χ0n) is 12.4. The number of carbonyl (C=O) groups is 1. The molecule has 1 atom stereocenters. The monoisotopic (exact) mass is 292 g/mol. The SMILES string of the molecule is O=C(NCC1(O)CCCCC1)NC1CCCc2occc21. The average molecular weight is 292 g/mol. The zero-order chi connectivity index (χ0) is 14.7. The second-order valence-electron chi connectivity index (χ2n) is 6.36. The van der Waals surface area contributed by atoms with E-state index in [1.165, 1.54) is 6.42 Å². The molecule has 1 aromatic heterocycles. The number of furan rings is 1. The largest absolute Gasteiger partial charge is 0.469 e. The minimum Gasteiger partial charge on any atom is -0.469 e. The van der Waals surface area contributed by atoms with Crippen LogP contribution >= 0.6 is 0 Å². The van der Waals surface area contributed by atoms with Gasteiger partial charge in [0.15, 0.2) is 0 Å². The molecule has 3 N–H and O–H groups in total. The second-order valence-corrected chi connectivity index (χ2v) is 6.36. The summed E-state index contributed by atoms with van der Waals surface area (Å²) < 4.78 is 5.43. The molecule has 21 heavy (non-hydrogen) atoms. The van der Waals surface area contributed by atoms with Crippen molar-refractivity contribution in [1.29, 1.82) is 0 Å². The van der Waals surface area contributed by atoms with Gasteiger partial charge in [-0.05, 0) is 31.7 Å². The summed E-state index contributed by atoms with van der Waals surface area (Å²) in [5.74, 6) is 0.984. The third kappa shape index (κ3) is 3.40. The Hall–Kier alpha value is -1.49. The van der Waals surface area contributed by atoms with Crippen LogP contribution in [0.4, 0.5) is 4.79 Å². The van der Waals surface area contributed by atoms with Gasteiger partial charge in [-0.25, -0.2) is 4.79 Å². The highest BCUT2D eigenvalue weighted by molar-refractivity contribution is 5.74. The molecule has 1 saturated carbocycles. The number of aryl methyl sites for hydroxylation is 1. The van der Waals surface area contributed by atoms with E-state index in [0.717, 1.165) is 56.3 Å². The van der Waals surface area contributed by atoms with E-state index in [2.05, 4.69) is 10.6 Å². The fraction of sp³-hybridized carbons (Fsp3) is 0.688. The van der Waals surface area contributed by atoms with Crippen LogP contribution in [0.1, 0.15) is 62.3 Å². The summed E-state index contributed by atoms with van der Waals surface area (Å²) in [7, 11) is 0. The van der Waals surface area contributed by atoms with Gasteiger partial charge in [0, 0.05) is 18.5 Å². The normalized spacial score (nSPS) is 24.1. The molecule has 5 heteroatoms. The molecule has 1 heterocycles. The number of rotatable bonds is 3. The van der Waals surface area contributed by atoms with Crippen molar-refractivity contribution in [3.63, 3.8) is 0 Å². The highest BCUT2D eigenvalue weighted by Crippen LogP contribution is 2.30. The molecule has 0 radical (unpaired) electrons. The van der Waals surface area contributed by atoms with Gasteiger partial charge in [-0.3, -0.25) is 0 Å². The van der Waals surface area contributed by atoms with E-state index >= 15 is 0 Å². The van der Waals surface area contributed by atoms with Gasteiger partial charge < -0.3 is 20.2 Å². The van der Waals surface area contributed by atoms with Gasteiger partial charge in [0.25, 0.3) is 0 Å². The van der Waals surface area contributed by atoms with E-state index in [1.807, 2.05) is 6.07 Å². The Kier molecular flexibility index (Phi) is 4.19. The molecule has 0 bridgehead atoms. The number of hydrogen-bond donors (Lipinski definition) is 3. The van der Waals surface area contributed by atoms with Crippen LogP contribution in [0, 0.1) is 0 Å². The minimum absolute atomic E-state index is 0.0218. The fourth-order valence-corrected chi connectivity index (χ4v) is 3.48. The molecule has 2 amide bonds. The Labute approximate surface area is 125 Å². The third-order valence-electron chi connectivity index (χ3n) is 4.72. The van der Waals surface area contributed by atoms with Gasteiger partial charge in [0.2, 0.25) is 0 Å². The van der Waals surface area contributed by atoms with Crippen molar-refractivity contribution in [2.75, 3.05) is 6.54 Å². The lowest BCUT2D eigenvalue weighted by molar-refractivity contribution is 0.00711. The van der Waals surface area contributed by atoms with E-state index in [-0.39, 0.29) is 12.1 Å². The van der Waals surface area contributed by atoms with Crippen LogP contribution in [0.15, 0.2) is 16.7 Å². The maximum absolute atomic E-state index is 12.1. The summed E-state index contributed by atoms with van der Waals surface area (Å²) in [6.45, 7) is 0.337. The van der Waals surface area contributed by atoms with Crippen molar-refractivity contribution in [1.82, 2.24) is 10.6 Å². The standard InChI is InChI=1S/C16H24N2O3/c19-15(17-11-16(20)8-2-1-3-9-16)18-13-5-4-6-14-12(13)7-10-21-14/h7,10,13,20H,1-6,8-9,11H2,(H2,17,18,19). The van der Waals surface area contributed by atoms with Crippen LogP contribution in [0.3, 0.4) is 0 Å². The van der Waals surface area contributed by atoms with Crippen LogP contribution in [-0.4, -0.2) is 23.3 Å². The summed E-state index contributed by atoms with van der Waals surface area (Å²) in [6.07, 6.45) is 9.42. The molecule has 2 aliphatic rings. The molecule has 1 unspecified atom stereocenters. The Balaban J connectivity index is 1.51. The van der Waals surface area contributed by atoms with Crippen LogP contribution in [-0.2, 0) is 6.42 Å². The lowest BCUT2D eigenvalue weighted by Gasteiger charge is -2.32. The first-order valence-corrected chi connectivity index (χ1v) is 7.99. The van der Waals surface area contributed by atoms with Crippen LogP contribution in [0.5, 0.6) is 0 Å². The molecular formula is C16H24N2O3. The molecule has 0 saturated heterocycles. The first-order valence-electron chi connectivity index (χ1n) is 7.99. The maximum atomic E-state index is 12.1. The summed E-state index contributed by atoms with van der Waals surface area (Å²) in [6, 6.07) is 1.76. The quantitative estimate of drug-likeness (QED) is 0.801. The van der Waals surface area contributed by atoms with Crippen molar-refractivity contribution in [3.8, 4) is 0 Å². The Morgan fingerprint density at radius 1 is 1.33 bits per heavy atom. The second kappa shape index (κ2) is 6.10. The van der Waals surface area contributed by atoms with Crippen molar-refractivity contribution < 1.29 is 14.3 Å². The Morgan fingerprint density at radius 2 is 2.14 bits per heavy atom. The van der Waals surface area contributed by atoms with E-state index in [4.69, 9.17) is 4.42 Å². The highest BCUT2D eigenvalue weighted by Gasteiger charge is 2.30. The molecule has 1 fully saturated rings. The lowest BCUT2D eigenvalue weighted by Crippen LogP contribution is -2.48. The lowest BCUT2D eigenvalue weighted by atomic mass is 9.85. The molecule has 1 aromatic rings. The highest BCUT2D eigenvalue weighted by atomic mass is 16.3. The molecule has 5 nitrogen and oxygen atoms in total. The predicted octanol–water partition coefficient (Wildman–Crippen LogP) is 2.65. The number of amides is 2. The van der Waals surface area contributed by atoms with Crippen molar-refractivity contribution >= 4 is 6.03 Å². The van der Waals surface area contributed by atoms with Crippen molar-refractivity contribution in [3.05, 3.63) is 23.7 Å². The zero-order valence-corrected chi connectivity index (χ0v) is 12.4. The van der Waals surface area contributed by atoms with E-state index in [0.29, 0.717) is 6.54 Å². The molecule has 0 spiro atoms. The molecule has 116 valence electrons. The molecule has 2 aliphatic carbocycles. The summed E-state index contributed by atoms with van der Waals surface area (Å²) >= 11 is 0. The number of fused-ring (bicyclic) bond motifs is 1. The third-order valence-corrected chi connectivity index (χ3v) is 4.72. The first-order chi connectivity index (χ1) is 10.2. The topological polar surface area (TPSA) is 74.5 Å². The van der Waals surface area contributed by atoms with Crippen molar-refractivity contribution in [2.45, 2.75) is 63.0 Å². The molecule has 3 rings (SSSR count). The minimum atomic E-state index is -0.719. The number of nitrogens with one attached hydrogen (secondary N) is 2. The average Bonchev–Trinajstić information content (AvgIpc) is 2.96. The molecule has 0 aliphatic heterocycles. The van der Waals surface area contributed by atoms with Gasteiger partial charge in [-0.1, -0.05) is 19.3 Å². The van der Waals surface area contributed by atoms with Gasteiger partial charge in [0.1, 0.15) is 5.76 Å². The maximum Gasteiger partial charge on any atom is 0.315 e. The van der Waals surface area contributed by atoms with Crippen molar-refractivity contribution in [2.24, 2.45) is 0 Å². The number of urea groups is 1. The van der Waals surface area contributed by atoms with Crippen LogP contribution in [0.2, 0.25) is 0 Å². The van der Waals surface area contributed by atoms with Gasteiger partial charge >= 0.3 is 6.03 Å². The van der Waals surface area contributed by atoms with Gasteiger partial charge in [-0.15, -0.1) is 0 Å². The summed E-state index contributed by atoms with van der Waals surface area (Å²) in [5, 5.41) is 16.2. The fourth-order valence-electron chi connectivity index (χ4n) is 3.48. The summed E-state index contributed by atoms with van der Waals surface area (Å²) in [5.41, 5.74) is 0.371. The van der Waals surface area contributed by atoms with E-state index in [1.54, 1.807) is 6.26 Å². The summed E-state index contributed by atoms with van der Waals surface area (Å²) in [4.78, 5) is 12.1. The Morgan fingerprint density at radius 3 is 2.95 bits per heavy atom. The van der Waals surface area contributed by atoms with Gasteiger partial charge in [-0.2, -0.15) is 0 Å². The number of carbonyl (C=O) groups excluding carboxylic acids is 1. The molecule has 0 aromatic carbocycles. The number of aliphatic hydroxyl groups is 1. The van der Waals surface area contributed by atoms with Crippen LogP contribution in [0.25, 0.3) is 0 Å². The van der Waals surface area contributed by atoms with Crippen LogP contribution < -0.4 is 10.6 Å². The van der Waals surface area contributed by atoms with Gasteiger partial charge in [0.05, 0.1) is 17.9 Å². The van der Waals surface area contributed by atoms with E-state index < -0.39 is 5.60 Å². The predicted molar refractivity (Wildman–Crippen MR) is 79.0 cm³/mol. The van der Waals surface area contributed by atoms with E-state index in [9.17, 15) is 9.90 Å². The first kappa shape index (κ1) is 14.4.